The second-order valence-corrected chi connectivity index (χ2v) is 6.01. The van der Waals surface area contributed by atoms with E-state index in [2.05, 4.69) is 49.9 Å². The van der Waals surface area contributed by atoms with Gasteiger partial charge < -0.3 is 5.73 Å². The topological polar surface area (TPSA) is 29.3 Å². The molecule has 1 aromatic rings. The van der Waals surface area contributed by atoms with Gasteiger partial charge in [0.2, 0.25) is 0 Å². The molecule has 0 spiro atoms. The Labute approximate surface area is 111 Å². The van der Waals surface area contributed by atoms with Crippen LogP contribution in [0.25, 0.3) is 0 Å². The van der Waals surface area contributed by atoms with Crippen LogP contribution in [0.5, 0.6) is 0 Å². The van der Waals surface area contributed by atoms with Crippen molar-refractivity contribution in [2.24, 2.45) is 11.7 Å². The van der Waals surface area contributed by atoms with Crippen molar-refractivity contribution in [3.8, 4) is 0 Å². The molecule has 2 heteroatoms. The SMILES string of the molecule is Cc1cccc(C(N)CN(CC2CC2)C(C)C)c1. The molecule has 1 aromatic carbocycles. The lowest BCUT2D eigenvalue weighted by atomic mass is 10.0. The van der Waals surface area contributed by atoms with Crippen LogP contribution in [0.3, 0.4) is 0 Å². The van der Waals surface area contributed by atoms with Gasteiger partial charge >= 0.3 is 0 Å². The van der Waals surface area contributed by atoms with Gasteiger partial charge in [0, 0.05) is 25.2 Å². The average molecular weight is 246 g/mol. The Bertz CT molecular complexity index is 382. The van der Waals surface area contributed by atoms with Crippen LogP contribution >= 0.6 is 0 Å². The van der Waals surface area contributed by atoms with Crippen molar-refractivity contribution >= 4 is 0 Å². The van der Waals surface area contributed by atoms with Crippen molar-refractivity contribution in [2.75, 3.05) is 13.1 Å². The second kappa shape index (κ2) is 5.85. The fourth-order valence-corrected chi connectivity index (χ4v) is 2.39. The molecule has 2 N–H and O–H groups in total. The lowest BCUT2D eigenvalue weighted by molar-refractivity contribution is 0.200. The van der Waals surface area contributed by atoms with Gasteiger partial charge in [-0.3, -0.25) is 4.90 Å². The third-order valence-corrected chi connectivity index (χ3v) is 3.82. The van der Waals surface area contributed by atoms with Crippen LogP contribution in [0.4, 0.5) is 0 Å². The summed E-state index contributed by atoms with van der Waals surface area (Å²) in [5.41, 5.74) is 8.91. The van der Waals surface area contributed by atoms with E-state index in [9.17, 15) is 0 Å². The van der Waals surface area contributed by atoms with Crippen LogP contribution in [0.15, 0.2) is 24.3 Å². The molecule has 0 saturated heterocycles. The highest BCUT2D eigenvalue weighted by atomic mass is 15.2. The Balaban J connectivity index is 1.96. The maximum absolute atomic E-state index is 6.36. The van der Waals surface area contributed by atoms with E-state index in [1.165, 1.54) is 30.5 Å². The van der Waals surface area contributed by atoms with E-state index in [-0.39, 0.29) is 6.04 Å². The quantitative estimate of drug-likeness (QED) is 0.835. The van der Waals surface area contributed by atoms with Gasteiger partial charge in [-0.2, -0.15) is 0 Å². The summed E-state index contributed by atoms with van der Waals surface area (Å²) in [5, 5.41) is 0. The van der Waals surface area contributed by atoms with E-state index < -0.39 is 0 Å². The van der Waals surface area contributed by atoms with Crippen molar-refractivity contribution in [3.05, 3.63) is 35.4 Å². The summed E-state index contributed by atoms with van der Waals surface area (Å²) in [7, 11) is 0. The highest BCUT2D eigenvalue weighted by Gasteiger charge is 2.26. The summed E-state index contributed by atoms with van der Waals surface area (Å²) >= 11 is 0. The first-order valence-corrected chi connectivity index (χ1v) is 7.12. The van der Waals surface area contributed by atoms with Crippen molar-refractivity contribution in [2.45, 2.75) is 45.7 Å². The van der Waals surface area contributed by atoms with Gasteiger partial charge in [0.05, 0.1) is 0 Å². The number of benzene rings is 1. The van der Waals surface area contributed by atoms with E-state index in [1.54, 1.807) is 0 Å². The molecule has 0 bridgehead atoms. The monoisotopic (exact) mass is 246 g/mol. The largest absolute Gasteiger partial charge is 0.323 e. The fraction of sp³-hybridized carbons (Fsp3) is 0.625. The number of rotatable bonds is 6. The minimum Gasteiger partial charge on any atom is -0.323 e. The Morgan fingerprint density at radius 2 is 2.06 bits per heavy atom. The van der Waals surface area contributed by atoms with Crippen molar-refractivity contribution in [1.82, 2.24) is 4.90 Å². The molecule has 0 heterocycles. The lowest BCUT2D eigenvalue weighted by Gasteiger charge is -2.29. The van der Waals surface area contributed by atoms with Gasteiger partial charge in [0.25, 0.3) is 0 Å². The lowest BCUT2D eigenvalue weighted by Crippen LogP contribution is -2.38. The van der Waals surface area contributed by atoms with E-state index in [0.29, 0.717) is 6.04 Å². The minimum atomic E-state index is 0.131. The Hall–Kier alpha value is -0.860. The number of hydrogen-bond acceptors (Lipinski definition) is 2. The van der Waals surface area contributed by atoms with Gasteiger partial charge in [-0.05, 0) is 45.1 Å². The smallest absolute Gasteiger partial charge is 0.0424 e. The first-order valence-electron chi connectivity index (χ1n) is 7.12. The van der Waals surface area contributed by atoms with Crippen molar-refractivity contribution in [3.63, 3.8) is 0 Å². The number of nitrogens with two attached hydrogens (primary N) is 1. The second-order valence-electron chi connectivity index (χ2n) is 6.01. The summed E-state index contributed by atoms with van der Waals surface area (Å²) in [6.07, 6.45) is 2.81. The van der Waals surface area contributed by atoms with Crippen molar-refractivity contribution < 1.29 is 0 Å². The van der Waals surface area contributed by atoms with Crippen LogP contribution in [0, 0.1) is 12.8 Å². The fourth-order valence-electron chi connectivity index (χ4n) is 2.39. The molecule has 1 saturated carbocycles. The molecule has 1 unspecified atom stereocenters. The summed E-state index contributed by atoms with van der Waals surface area (Å²) in [5.74, 6) is 0.928. The summed E-state index contributed by atoms with van der Waals surface area (Å²) in [6.45, 7) is 8.85. The molecule has 1 aliphatic rings. The van der Waals surface area contributed by atoms with Crippen LogP contribution in [-0.2, 0) is 0 Å². The van der Waals surface area contributed by atoms with Gasteiger partial charge in [-0.15, -0.1) is 0 Å². The summed E-state index contributed by atoms with van der Waals surface area (Å²) < 4.78 is 0. The van der Waals surface area contributed by atoms with E-state index in [1.807, 2.05) is 0 Å². The zero-order valence-electron chi connectivity index (χ0n) is 11.9. The molecule has 18 heavy (non-hydrogen) atoms. The third kappa shape index (κ3) is 3.82. The Morgan fingerprint density at radius 3 is 2.61 bits per heavy atom. The molecule has 1 fully saturated rings. The van der Waals surface area contributed by atoms with Crippen LogP contribution in [0.2, 0.25) is 0 Å². The predicted molar refractivity (Wildman–Crippen MR) is 77.5 cm³/mol. The predicted octanol–water partition coefficient (Wildman–Crippen LogP) is 3.12. The van der Waals surface area contributed by atoms with Gasteiger partial charge in [-0.1, -0.05) is 29.8 Å². The molecule has 1 aliphatic carbocycles. The zero-order valence-corrected chi connectivity index (χ0v) is 11.9. The van der Waals surface area contributed by atoms with Gasteiger partial charge in [0.1, 0.15) is 0 Å². The molecule has 100 valence electrons. The Morgan fingerprint density at radius 1 is 1.33 bits per heavy atom. The third-order valence-electron chi connectivity index (χ3n) is 3.82. The molecule has 2 rings (SSSR count). The standard InChI is InChI=1S/C16H26N2/c1-12(2)18(10-14-7-8-14)11-16(17)15-6-4-5-13(3)9-15/h4-6,9,12,14,16H,7-8,10-11,17H2,1-3H3. The molecule has 0 amide bonds. The Kier molecular flexibility index (Phi) is 4.41. The number of aryl methyl sites for hydroxylation is 1. The first kappa shape index (κ1) is 13.6. The summed E-state index contributed by atoms with van der Waals surface area (Å²) in [4.78, 5) is 2.53. The number of nitrogens with zero attached hydrogens (tertiary/aromatic N) is 1. The zero-order chi connectivity index (χ0) is 13.1. The summed E-state index contributed by atoms with van der Waals surface area (Å²) in [6, 6.07) is 9.30. The van der Waals surface area contributed by atoms with E-state index in [4.69, 9.17) is 5.73 Å². The van der Waals surface area contributed by atoms with E-state index >= 15 is 0 Å². The normalized spacial score (nSPS) is 17.4. The van der Waals surface area contributed by atoms with Gasteiger partial charge in [-0.25, -0.2) is 0 Å². The maximum atomic E-state index is 6.36. The maximum Gasteiger partial charge on any atom is 0.0424 e. The van der Waals surface area contributed by atoms with Crippen LogP contribution in [-0.4, -0.2) is 24.0 Å². The molecular weight excluding hydrogens is 220 g/mol. The van der Waals surface area contributed by atoms with Crippen LogP contribution in [0.1, 0.15) is 43.9 Å². The average Bonchev–Trinajstić information content (AvgIpc) is 3.12. The van der Waals surface area contributed by atoms with Crippen molar-refractivity contribution in [1.29, 1.82) is 0 Å². The first-order chi connectivity index (χ1) is 8.56. The number of hydrogen-bond donors (Lipinski definition) is 1. The van der Waals surface area contributed by atoms with Gasteiger partial charge in [0.15, 0.2) is 0 Å². The van der Waals surface area contributed by atoms with E-state index in [0.717, 1.165) is 12.5 Å². The molecule has 1 atom stereocenters. The van der Waals surface area contributed by atoms with Crippen LogP contribution < -0.4 is 5.73 Å². The molecular formula is C16H26N2. The highest BCUT2D eigenvalue weighted by Crippen LogP contribution is 2.30. The molecule has 0 aromatic heterocycles. The minimum absolute atomic E-state index is 0.131. The molecule has 0 radical (unpaired) electrons. The molecule has 2 nitrogen and oxygen atoms in total. The molecule has 0 aliphatic heterocycles. The highest BCUT2D eigenvalue weighted by molar-refractivity contribution is 5.25.